The lowest BCUT2D eigenvalue weighted by molar-refractivity contribution is 0.928. The summed E-state index contributed by atoms with van der Waals surface area (Å²) in [7, 11) is 1.89. The molecule has 2 aromatic heterocycles. The molecule has 0 N–H and O–H groups in total. The molecule has 4 nitrogen and oxygen atoms in total. The Morgan fingerprint density at radius 2 is 2.36 bits per heavy atom. The molecule has 0 aliphatic heterocycles. The van der Waals surface area contributed by atoms with Gasteiger partial charge in [0, 0.05) is 19.4 Å². The van der Waals surface area contributed by atoms with E-state index in [0.29, 0.717) is 5.56 Å². The topological polar surface area (TPSA) is 46.0 Å². The molecule has 0 saturated carbocycles. The first-order valence-electron chi connectivity index (χ1n) is 3.21. The predicted octanol–water partition coefficient (Wildman–Crippen LogP) is 0.544. The van der Waals surface area contributed by atoms with Gasteiger partial charge in [0.05, 0.1) is 6.20 Å². The van der Waals surface area contributed by atoms with E-state index in [2.05, 4.69) is 11.2 Å². The van der Waals surface area contributed by atoms with E-state index in [1.807, 2.05) is 24.0 Å². The van der Waals surface area contributed by atoms with Gasteiger partial charge in [0.1, 0.15) is 11.6 Å². The van der Waals surface area contributed by atoms with Crippen molar-refractivity contribution in [1.82, 2.24) is 14.2 Å². The number of nitriles is 1. The van der Waals surface area contributed by atoms with Gasteiger partial charge >= 0.3 is 0 Å². The molecule has 2 rings (SSSR count). The Morgan fingerprint density at radius 3 is 3.09 bits per heavy atom. The van der Waals surface area contributed by atoms with Crippen LogP contribution in [0.1, 0.15) is 5.56 Å². The maximum absolute atomic E-state index is 8.65. The third kappa shape index (κ3) is 0.649. The van der Waals surface area contributed by atoms with Crippen molar-refractivity contribution in [2.75, 3.05) is 0 Å². The molecular formula is C7H6N4. The van der Waals surface area contributed by atoms with E-state index in [1.165, 1.54) is 0 Å². The average Bonchev–Trinajstić information content (AvgIpc) is 2.54. The van der Waals surface area contributed by atoms with Crippen LogP contribution in [0, 0.1) is 11.3 Å². The molecule has 4 heteroatoms. The van der Waals surface area contributed by atoms with Crippen molar-refractivity contribution in [2.45, 2.75) is 0 Å². The van der Waals surface area contributed by atoms with Crippen LogP contribution in [-0.4, -0.2) is 14.2 Å². The summed E-state index contributed by atoms with van der Waals surface area (Å²) in [5.74, 6) is 0. The number of aromatic nitrogens is 3. The summed E-state index contributed by atoms with van der Waals surface area (Å²) in [5, 5.41) is 12.6. The van der Waals surface area contributed by atoms with Gasteiger partial charge in [-0.05, 0) is 0 Å². The molecule has 0 unspecified atom stereocenters. The largest absolute Gasteiger partial charge is 0.333 e. The van der Waals surface area contributed by atoms with Crippen molar-refractivity contribution in [3.05, 3.63) is 24.2 Å². The van der Waals surface area contributed by atoms with Gasteiger partial charge in [-0.3, -0.25) is 0 Å². The van der Waals surface area contributed by atoms with Crippen LogP contribution in [0.25, 0.3) is 5.65 Å². The molecule has 0 fully saturated rings. The predicted molar refractivity (Wildman–Crippen MR) is 38.9 cm³/mol. The van der Waals surface area contributed by atoms with Gasteiger partial charge in [0.15, 0.2) is 5.65 Å². The molecule has 0 spiro atoms. The van der Waals surface area contributed by atoms with Crippen LogP contribution in [0.15, 0.2) is 18.6 Å². The van der Waals surface area contributed by atoms with E-state index in [4.69, 9.17) is 5.26 Å². The van der Waals surface area contributed by atoms with Crippen molar-refractivity contribution in [1.29, 1.82) is 5.26 Å². The lowest BCUT2D eigenvalue weighted by Gasteiger charge is -1.88. The van der Waals surface area contributed by atoms with Crippen LogP contribution >= 0.6 is 0 Å². The third-order valence-corrected chi connectivity index (χ3v) is 1.66. The SMILES string of the molecule is Cn1ccn2ncc(C#N)c12. The molecule has 0 aliphatic rings. The second-order valence-electron chi connectivity index (χ2n) is 2.35. The summed E-state index contributed by atoms with van der Waals surface area (Å²) in [6.07, 6.45) is 5.24. The molecule has 2 aromatic rings. The highest BCUT2D eigenvalue weighted by atomic mass is 15.3. The van der Waals surface area contributed by atoms with Crippen molar-refractivity contribution in [2.24, 2.45) is 7.05 Å². The summed E-state index contributed by atoms with van der Waals surface area (Å²) in [6, 6.07) is 2.07. The zero-order chi connectivity index (χ0) is 7.84. The minimum Gasteiger partial charge on any atom is -0.333 e. The minimum atomic E-state index is 0.609. The highest BCUT2D eigenvalue weighted by molar-refractivity contribution is 5.54. The number of hydrogen-bond donors (Lipinski definition) is 0. The van der Waals surface area contributed by atoms with Crippen LogP contribution in [0.4, 0.5) is 0 Å². The molecule has 0 atom stereocenters. The molecule has 54 valence electrons. The maximum atomic E-state index is 8.65. The van der Waals surface area contributed by atoms with Gasteiger partial charge in [-0.15, -0.1) is 0 Å². The monoisotopic (exact) mass is 146 g/mol. The smallest absolute Gasteiger partial charge is 0.153 e. The lowest BCUT2D eigenvalue weighted by atomic mass is 10.4. The maximum Gasteiger partial charge on any atom is 0.153 e. The zero-order valence-corrected chi connectivity index (χ0v) is 6.02. The van der Waals surface area contributed by atoms with E-state index in [9.17, 15) is 0 Å². The highest BCUT2D eigenvalue weighted by Gasteiger charge is 2.04. The van der Waals surface area contributed by atoms with Crippen LogP contribution in [0.2, 0.25) is 0 Å². The Balaban J connectivity index is 2.94. The van der Waals surface area contributed by atoms with E-state index in [0.717, 1.165) is 5.65 Å². The van der Waals surface area contributed by atoms with Gasteiger partial charge in [-0.2, -0.15) is 10.4 Å². The first kappa shape index (κ1) is 5.98. The Bertz CT molecular complexity index is 429. The van der Waals surface area contributed by atoms with Crippen molar-refractivity contribution in [3.63, 3.8) is 0 Å². The van der Waals surface area contributed by atoms with E-state index < -0.39 is 0 Å². The summed E-state index contributed by atoms with van der Waals surface area (Å²) in [4.78, 5) is 0. The second kappa shape index (κ2) is 1.86. The Morgan fingerprint density at radius 1 is 1.55 bits per heavy atom. The normalized spacial score (nSPS) is 10.2. The summed E-state index contributed by atoms with van der Waals surface area (Å²) in [6.45, 7) is 0. The standard InChI is InChI=1S/C7H6N4/c1-10-2-3-11-7(10)6(4-8)5-9-11/h2-3,5H,1H3. The molecule has 11 heavy (non-hydrogen) atoms. The number of rotatable bonds is 0. The molecule has 0 saturated heterocycles. The first-order valence-corrected chi connectivity index (χ1v) is 3.21. The molecule has 0 amide bonds. The van der Waals surface area contributed by atoms with Gasteiger partial charge < -0.3 is 4.57 Å². The quantitative estimate of drug-likeness (QED) is 0.544. The number of fused-ring (bicyclic) bond motifs is 1. The van der Waals surface area contributed by atoms with Gasteiger partial charge in [0.25, 0.3) is 0 Å². The summed E-state index contributed by atoms with van der Waals surface area (Å²) >= 11 is 0. The van der Waals surface area contributed by atoms with Gasteiger partial charge in [0.2, 0.25) is 0 Å². The van der Waals surface area contributed by atoms with Crippen molar-refractivity contribution >= 4 is 5.65 Å². The van der Waals surface area contributed by atoms with Crippen LogP contribution in [0.3, 0.4) is 0 Å². The Kier molecular flexibility index (Phi) is 1.01. The fraction of sp³-hybridized carbons (Fsp3) is 0.143. The fourth-order valence-electron chi connectivity index (χ4n) is 1.13. The summed E-state index contributed by atoms with van der Waals surface area (Å²) < 4.78 is 3.55. The zero-order valence-electron chi connectivity index (χ0n) is 6.02. The van der Waals surface area contributed by atoms with Crippen LogP contribution in [-0.2, 0) is 7.05 Å². The van der Waals surface area contributed by atoms with Crippen LogP contribution in [0.5, 0.6) is 0 Å². The molecule has 2 heterocycles. The number of imidazole rings is 1. The minimum absolute atomic E-state index is 0.609. The van der Waals surface area contributed by atoms with Gasteiger partial charge in [-0.25, -0.2) is 4.52 Å². The molecule has 0 bridgehead atoms. The van der Waals surface area contributed by atoms with E-state index in [-0.39, 0.29) is 0 Å². The Hall–Kier alpha value is -1.76. The van der Waals surface area contributed by atoms with Crippen molar-refractivity contribution < 1.29 is 0 Å². The third-order valence-electron chi connectivity index (χ3n) is 1.66. The fourth-order valence-corrected chi connectivity index (χ4v) is 1.13. The summed E-state index contributed by atoms with van der Waals surface area (Å²) in [5.41, 5.74) is 1.45. The van der Waals surface area contributed by atoms with Crippen molar-refractivity contribution in [3.8, 4) is 6.07 Å². The highest BCUT2D eigenvalue weighted by Crippen LogP contribution is 2.07. The van der Waals surface area contributed by atoms with E-state index >= 15 is 0 Å². The average molecular weight is 146 g/mol. The first-order chi connectivity index (χ1) is 5.33. The van der Waals surface area contributed by atoms with E-state index in [1.54, 1.807) is 10.7 Å². The molecule has 0 aliphatic carbocycles. The molecule has 0 aromatic carbocycles. The molecule has 0 radical (unpaired) electrons. The number of hydrogen-bond acceptors (Lipinski definition) is 2. The van der Waals surface area contributed by atoms with Crippen LogP contribution < -0.4 is 0 Å². The lowest BCUT2D eigenvalue weighted by Crippen LogP contribution is -1.87. The second-order valence-corrected chi connectivity index (χ2v) is 2.35. The number of nitrogens with zero attached hydrogens (tertiary/aromatic N) is 4. The number of aryl methyl sites for hydroxylation is 1. The Labute approximate surface area is 63.3 Å². The van der Waals surface area contributed by atoms with Gasteiger partial charge in [-0.1, -0.05) is 0 Å². The molecular weight excluding hydrogens is 140 g/mol.